The predicted molar refractivity (Wildman–Crippen MR) is 47.8 cm³/mol. The van der Waals surface area contributed by atoms with E-state index in [9.17, 15) is 9.90 Å². The van der Waals surface area contributed by atoms with E-state index in [1.165, 1.54) is 0 Å². The molecule has 0 radical (unpaired) electrons. The Morgan fingerprint density at radius 1 is 1.19 bits per heavy atom. The first-order valence-corrected chi connectivity index (χ1v) is 4.15. The van der Waals surface area contributed by atoms with Crippen LogP contribution in [0.2, 0.25) is 0 Å². The summed E-state index contributed by atoms with van der Waals surface area (Å²) in [5.74, 6) is 0. The van der Waals surface area contributed by atoms with Gasteiger partial charge in [0.05, 0.1) is 6.61 Å². The quantitative estimate of drug-likeness (QED) is 0.256. The van der Waals surface area contributed by atoms with Gasteiger partial charge in [-0.05, 0) is 0 Å². The fraction of sp³-hybridized carbons (Fsp3) is 0.857. The molecule has 0 heterocycles. The fourth-order valence-electron chi connectivity index (χ4n) is 0.829. The number of aliphatic hydroxyl groups is 5. The predicted octanol–water partition coefficient (Wildman–Crippen LogP) is -6.37. The van der Waals surface area contributed by atoms with Crippen LogP contribution < -0.4 is 35.3 Å². The van der Waals surface area contributed by atoms with Crippen LogP contribution in [0.25, 0.3) is 0 Å². The smallest absolute Gasteiger partial charge is 1.00 e. The summed E-state index contributed by atoms with van der Waals surface area (Å²) in [4.78, 5) is 10.1. The maximum Gasteiger partial charge on any atom is 1.00 e. The molecule has 1 amide bonds. The van der Waals surface area contributed by atoms with Gasteiger partial charge in [0, 0.05) is 0 Å². The van der Waals surface area contributed by atoms with Crippen molar-refractivity contribution in [2.24, 2.45) is 5.73 Å². The van der Waals surface area contributed by atoms with Crippen LogP contribution in [0.4, 0.5) is 4.79 Å². The van der Waals surface area contributed by atoms with Gasteiger partial charge in [-0.2, -0.15) is 0 Å². The van der Waals surface area contributed by atoms with Crippen molar-refractivity contribution in [2.45, 2.75) is 24.4 Å². The van der Waals surface area contributed by atoms with Crippen molar-refractivity contribution in [1.82, 2.24) is 0 Å². The van der Waals surface area contributed by atoms with Crippen LogP contribution in [-0.2, 0) is 4.74 Å². The molecule has 0 saturated carbocycles. The number of carbonyl (C=O) groups is 1. The van der Waals surface area contributed by atoms with Crippen molar-refractivity contribution in [3.63, 3.8) is 0 Å². The summed E-state index contributed by atoms with van der Waals surface area (Å²) >= 11 is 0. The third-order valence-electron chi connectivity index (χ3n) is 1.72. The second kappa shape index (κ2) is 9.14. The minimum Gasteiger partial charge on any atom is -1.00 e. The minimum atomic E-state index is -1.76. The second-order valence-corrected chi connectivity index (χ2v) is 2.93. The summed E-state index contributed by atoms with van der Waals surface area (Å²) in [6.07, 6.45) is -7.84. The van der Waals surface area contributed by atoms with E-state index >= 15 is 0 Å². The molecular formula is C7H16NNaO7. The average molecular weight is 249 g/mol. The van der Waals surface area contributed by atoms with Crippen molar-refractivity contribution in [3.8, 4) is 0 Å². The van der Waals surface area contributed by atoms with Gasteiger partial charge in [0.15, 0.2) is 0 Å². The van der Waals surface area contributed by atoms with E-state index in [1.54, 1.807) is 0 Å². The number of hydrogen-bond acceptors (Lipinski definition) is 7. The molecule has 9 heteroatoms. The Kier molecular flexibility index (Phi) is 10.5. The van der Waals surface area contributed by atoms with Gasteiger partial charge in [0.1, 0.15) is 31.0 Å². The van der Waals surface area contributed by atoms with E-state index in [4.69, 9.17) is 20.4 Å². The molecule has 8 nitrogen and oxygen atoms in total. The Morgan fingerprint density at radius 2 is 1.62 bits per heavy atom. The molecule has 0 fully saturated rings. The molecule has 0 spiro atoms. The number of ether oxygens (including phenoxy) is 1. The molecule has 0 saturated heterocycles. The summed E-state index contributed by atoms with van der Waals surface area (Å²) in [5.41, 5.74) is 4.60. The van der Waals surface area contributed by atoms with Gasteiger partial charge in [0.2, 0.25) is 0 Å². The number of aliphatic hydroxyl groups excluding tert-OH is 5. The van der Waals surface area contributed by atoms with E-state index < -0.39 is 43.7 Å². The first kappa shape index (κ1) is 18.4. The van der Waals surface area contributed by atoms with Gasteiger partial charge in [-0.3, -0.25) is 0 Å². The van der Waals surface area contributed by atoms with Gasteiger partial charge in [-0.25, -0.2) is 4.79 Å². The molecule has 4 atom stereocenters. The van der Waals surface area contributed by atoms with Crippen molar-refractivity contribution in [2.75, 3.05) is 13.2 Å². The molecule has 92 valence electrons. The van der Waals surface area contributed by atoms with E-state index in [1.807, 2.05) is 0 Å². The van der Waals surface area contributed by atoms with Crippen molar-refractivity contribution < 1.29 is 66.0 Å². The van der Waals surface area contributed by atoms with Crippen molar-refractivity contribution in [1.29, 1.82) is 0 Å². The van der Waals surface area contributed by atoms with E-state index in [2.05, 4.69) is 10.5 Å². The van der Waals surface area contributed by atoms with Crippen LogP contribution in [0.1, 0.15) is 1.43 Å². The zero-order chi connectivity index (χ0) is 12.0. The maximum absolute atomic E-state index is 10.1. The number of hydrogen-bond donors (Lipinski definition) is 6. The van der Waals surface area contributed by atoms with Crippen molar-refractivity contribution in [3.05, 3.63) is 0 Å². The van der Waals surface area contributed by atoms with Gasteiger partial charge in [-0.1, -0.05) is 0 Å². The topological polar surface area (TPSA) is 153 Å². The summed E-state index contributed by atoms with van der Waals surface area (Å²) < 4.78 is 4.16. The summed E-state index contributed by atoms with van der Waals surface area (Å²) in [5, 5.41) is 44.8. The zero-order valence-electron chi connectivity index (χ0n) is 9.85. The Morgan fingerprint density at radius 3 is 2.00 bits per heavy atom. The molecule has 0 bridgehead atoms. The summed E-state index contributed by atoms with van der Waals surface area (Å²) in [6.45, 7) is -1.40. The number of amides is 1. The maximum atomic E-state index is 10.1. The van der Waals surface area contributed by atoms with Gasteiger partial charge in [-0.15, -0.1) is 0 Å². The molecule has 0 rings (SSSR count). The van der Waals surface area contributed by atoms with Crippen LogP contribution in [0.15, 0.2) is 0 Å². The number of rotatable bonds is 6. The molecule has 0 aliphatic rings. The van der Waals surface area contributed by atoms with Crippen LogP contribution >= 0.6 is 0 Å². The van der Waals surface area contributed by atoms with Crippen molar-refractivity contribution >= 4 is 6.09 Å². The molecule has 0 unspecified atom stereocenters. The first-order valence-electron chi connectivity index (χ1n) is 4.15. The van der Waals surface area contributed by atoms with E-state index in [-0.39, 0.29) is 31.0 Å². The molecule has 16 heavy (non-hydrogen) atoms. The zero-order valence-corrected chi connectivity index (χ0v) is 10.9. The van der Waals surface area contributed by atoms with Gasteiger partial charge in [0.25, 0.3) is 0 Å². The largest absolute Gasteiger partial charge is 1.00 e. The van der Waals surface area contributed by atoms with E-state index in [0.29, 0.717) is 0 Å². The summed E-state index contributed by atoms with van der Waals surface area (Å²) in [6, 6.07) is 0. The molecule has 0 aliphatic heterocycles. The van der Waals surface area contributed by atoms with Crippen LogP contribution in [-0.4, -0.2) is 69.3 Å². The van der Waals surface area contributed by atoms with Gasteiger partial charge < -0.3 is 37.4 Å². The second-order valence-electron chi connectivity index (χ2n) is 2.93. The van der Waals surface area contributed by atoms with E-state index in [0.717, 1.165) is 0 Å². The molecule has 0 aromatic heterocycles. The number of carbonyl (C=O) groups excluding carboxylic acids is 1. The first-order chi connectivity index (χ1) is 6.90. The van der Waals surface area contributed by atoms with Crippen LogP contribution in [0.5, 0.6) is 0 Å². The third-order valence-corrected chi connectivity index (χ3v) is 1.72. The Hall–Kier alpha value is 0.0700. The molecule has 0 aliphatic carbocycles. The minimum absolute atomic E-state index is 0. The van der Waals surface area contributed by atoms with Crippen LogP contribution in [0.3, 0.4) is 0 Å². The fourth-order valence-corrected chi connectivity index (χ4v) is 0.829. The van der Waals surface area contributed by atoms with Gasteiger partial charge >= 0.3 is 35.7 Å². The number of primary amides is 1. The Labute approximate surface area is 115 Å². The normalized spacial score (nSPS) is 17.8. The molecular weight excluding hydrogens is 233 g/mol. The standard InChI is InChI=1S/C7H15NO7.Na.H/c8-7(14)15-2-4(11)6(13)5(12)3(10)1-9;;/h3-6,9-13H,1-2H2,(H2,8,14);;/q;+1;-1/t3-,4-,5-,6-;;/m1../s1. The SMILES string of the molecule is NC(=O)OC[C@@H](O)[C@@H](O)[C@H](O)[C@H](O)CO.[H-].[Na+]. The summed E-state index contributed by atoms with van der Waals surface area (Å²) in [7, 11) is 0. The molecule has 0 aromatic carbocycles. The molecule has 0 aromatic rings. The average Bonchev–Trinajstić information content (AvgIpc) is 2.22. The third kappa shape index (κ3) is 6.61. The number of nitrogens with two attached hydrogens (primary N) is 1. The monoisotopic (exact) mass is 249 g/mol. The molecule has 7 N–H and O–H groups in total. The Bertz CT molecular complexity index is 211. The Balaban J connectivity index is -0.000000980. The van der Waals surface area contributed by atoms with Crippen LogP contribution in [0, 0.1) is 0 Å².